The lowest BCUT2D eigenvalue weighted by Gasteiger charge is -2.12. The van der Waals surface area contributed by atoms with Gasteiger partial charge in [0.1, 0.15) is 0 Å². The molecule has 2 aliphatic rings. The Morgan fingerprint density at radius 2 is 2.19 bits per heavy atom. The topological polar surface area (TPSA) is 66.0 Å². The molecule has 1 saturated carbocycles. The highest BCUT2D eigenvalue weighted by atomic mass is 16.5. The van der Waals surface area contributed by atoms with E-state index < -0.39 is 0 Å². The van der Waals surface area contributed by atoms with Gasteiger partial charge in [-0.3, -0.25) is 0 Å². The summed E-state index contributed by atoms with van der Waals surface area (Å²) in [7, 11) is 0. The third kappa shape index (κ3) is 1.80. The molecule has 1 aliphatic heterocycles. The van der Waals surface area contributed by atoms with E-state index >= 15 is 0 Å². The summed E-state index contributed by atoms with van der Waals surface area (Å²) in [5.74, 6) is 1.20. The van der Waals surface area contributed by atoms with E-state index in [0.29, 0.717) is 17.8 Å². The van der Waals surface area contributed by atoms with Crippen LogP contribution < -0.4 is 5.73 Å². The minimum atomic E-state index is 0.286. The second-order valence-corrected chi connectivity index (χ2v) is 4.96. The monoisotopic (exact) mass is 222 g/mol. The quantitative estimate of drug-likeness (QED) is 0.837. The Labute approximate surface area is 95.0 Å². The fraction of sp³-hybridized carbons (Fsp3) is 0.818. The van der Waals surface area contributed by atoms with Gasteiger partial charge in [0.25, 0.3) is 0 Å². The highest BCUT2D eigenvalue weighted by Gasteiger charge is 2.32. The van der Waals surface area contributed by atoms with E-state index in [1.807, 2.05) is 4.68 Å². The zero-order chi connectivity index (χ0) is 11.1. The molecule has 0 bridgehead atoms. The molecule has 1 aromatic rings. The van der Waals surface area contributed by atoms with E-state index in [1.165, 1.54) is 12.8 Å². The van der Waals surface area contributed by atoms with Crippen LogP contribution in [0.3, 0.4) is 0 Å². The predicted octanol–water partition coefficient (Wildman–Crippen LogP) is 1.31. The summed E-state index contributed by atoms with van der Waals surface area (Å²) in [6.45, 7) is 2.93. The summed E-state index contributed by atoms with van der Waals surface area (Å²) in [5.41, 5.74) is 6.98. The molecule has 5 heteroatoms. The summed E-state index contributed by atoms with van der Waals surface area (Å²) >= 11 is 0. The number of nitrogens with two attached hydrogens (primary N) is 1. The molecular weight excluding hydrogens is 204 g/mol. The maximum atomic E-state index is 5.85. The van der Waals surface area contributed by atoms with Crippen LogP contribution in [0, 0.1) is 0 Å². The van der Waals surface area contributed by atoms with Crippen LogP contribution in [0.15, 0.2) is 0 Å². The SMILES string of the molecule is CC1CCC(Cn2nnc(N)c2C2CC2)O1. The second kappa shape index (κ2) is 3.73. The Balaban J connectivity index is 1.74. The standard InChI is InChI=1S/C11H18N4O/c1-7-2-5-9(16-7)6-15-10(8-3-4-8)11(12)13-14-15/h7-9H,2-6,12H2,1H3. The Bertz CT molecular complexity index is 385. The minimum Gasteiger partial charge on any atom is -0.381 e. The number of nitrogens with zero attached hydrogens (tertiary/aromatic N) is 3. The molecule has 5 nitrogen and oxygen atoms in total. The van der Waals surface area contributed by atoms with E-state index in [0.717, 1.165) is 25.1 Å². The molecule has 0 spiro atoms. The van der Waals surface area contributed by atoms with Crippen LogP contribution in [0.4, 0.5) is 5.82 Å². The summed E-state index contributed by atoms with van der Waals surface area (Å²) in [4.78, 5) is 0. The van der Waals surface area contributed by atoms with Crippen molar-refractivity contribution >= 4 is 5.82 Å². The number of hydrogen-bond donors (Lipinski definition) is 1. The van der Waals surface area contributed by atoms with Gasteiger partial charge in [0, 0.05) is 5.92 Å². The Kier molecular flexibility index (Phi) is 2.35. The zero-order valence-electron chi connectivity index (χ0n) is 9.59. The van der Waals surface area contributed by atoms with Crippen molar-refractivity contribution in [2.24, 2.45) is 0 Å². The smallest absolute Gasteiger partial charge is 0.169 e. The minimum absolute atomic E-state index is 0.286. The highest BCUT2D eigenvalue weighted by molar-refractivity contribution is 5.38. The molecule has 0 amide bonds. The Hall–Kier alpha value is -1.10. The van der Waals surface area contributed by atoms with E-state index in [4.69, 9.17) is 10.5 Å². The number of nitrogen functional groups attached to an aromatic ring is 1. The maximum absolute atomic E-state index is 5.85. The van der Waals surface area contributed by atoms with Crippen LogP contribution in [0.1, 0.15) is 44.2 Å². The first-order valence-corrected chi connectivity index (χ1v) is 6.08. The van der Waals surface area contributed by atoms with E-state index in [1.54, 1.807) is 0 Å². The lowest BCUT2D eigenvalue weighted by atomic mass is 10.2. The molecule has 1 aliphatic carbocycles. The van der Waals surface area contributed by atoms with Gasteiger partial charge in [-0.1, -0.05) is 5.21 Å². The van der Waals surface area contributed by atoms with Crippen molar-refractivity contribution in [2.75, 3.05) is 5.73 Å². The first-order valence-electron chi connectivity index (χ1n) is 6.08. The molecule has 2 fully saturated rings. The Morgan fingerprint density at radius 1 is 1.38 bits per heavy atom. The molecule has 88 valence electrons. The second-order valence-electron chi connectivity index (χ2n) is 4.96. The largest absolute Gasteiger partial charge is 0.381 e. The molecule has 16 heavy (non-hydrogen) atoms. The van der Waals surface area contributed by atoms with Gasteiger partial charge in [-0.15, -0.1) is 5.10 Å². The van der Waals surface area contributed by atoms with Crippen LogP contribution in [-0.2, 0) is 11.3 Å². The molecule has 1 saturated heterocycles. The first kappa shape index (κ1) is 10.1. The van der Waals surface area contributed by atoms with Gasteiger partial charge in [-0.25, -0.2) is 4.68 Å². The zero-order valence-corrected chi connectivity index (χ0v) is 9.59. The average Bonchev–Trinajstić information content (AvgIpc) is 2.91. The van der Waals surface area contributed by atoms with E-state index in [9.17, 15) is 0 Å². The maximum Gasteiger partial charge on any atom is 0.169 e. The third-order valence-electron chi connectivity index (χ3n) is 3.46. The van der Waals surface area contributed by atoms with Gasteiger partial charge < -0.3 is 10.5 Å². The fourth-order valence-electron chi connectivity index (χ4n) is 2.46. The average molecular weight is 222 g/mol. The van der Waals surface area contributed by atoms with Gasteiger partial charge in [-0.05, 0) is 32.6 Å². The molecular formula is C11H18N4O. The normalized spacial score (nSPS) is 29.8. The van der Waals surface area contributed by atoms with E-state index in [-0.39, 0.29) is 6.10 Å². The van der Waals surface area contributed by atoms with Gasteiger partial charge in [0.15, 0.2) is 5.82 Å². The number of ether oxygens (including phenoxy) is 1. The third-order valence-corrected chi connectivity index (χ3v) is 3.46. The summed E-state index contributed by atoms with van der Waals surface area (Å²) in [6.07, 6.45) is 5.38. The van der Waals surface area contributed by atoms with Crippen molar-refractivity contribution < 1.29 is 4.74 Å². The summed E-state index contributed by atoms with van der Waals surface area (Å²) in [5, 5.41) is 8.10. The van der Waals surface area contributed by atoms with Crippen LogP contribution in [0.25, 0.3) is 0 Å². The predicted molar refractivity (Wildman–Crippen MR) is 60.0 cm³/mol. The molecule has 3 rings (SSSR count). The fourth-order valence-corrected chi connectivity index (χ4v) is 2.46. The lowest BCUT2D eigenvalue weighted by molar-refractivity contribution is 0.0428. The van der Waals surface area contributed by atoms with Crippen molar-refractivity contribution in [3.05, 3.63) is 5.69 Å². The first-order chi connectivity index (χ1) is 7.74. The molecule has 2 N–H and O–H groups in total. The summed E-state index contributed by atoms with van der Waals surface area (Å²) < 4.78 is 7.75. The lowest BCUT2D eigenvalue weighted by Crippen LogP contribution is -2.19. The van der Waals surface area contributed by atoms with Crippen LogP contribution in [0.5, 0.6) is 0 Å². The van der Waals surface area contributed by atoms with Gasteiger partial charge in [-0.2, -0.15) is 0 Å². The molecule has 2 atom stereocenters. The molecule has 2 heterocycles. The Morgan fingerprint density at radius 3 is 2.81 bits per heavy atom. The number of aromatic nitrogens is 3. The van der Waals surface area contributed by atoms with Gasteiger partial charge in [0.2, 0.25) is 0 Å². The van der Waals surface area contributed by atoms with E-state index in [2.05, 4.69) is 17.2 Å². The number of rotatable bonds is 3. The molecule has 1 aromatic heterocycles. The van der Waals surface area contributed by atoms with Crippen molar-refractivity contribution in [1.29, 1.82) is 0 Å². The van der Waals surface area contributed by atoms with Crippen molar-refractivity contribution in [2.45, 2.75) is 57.3 Å². The molecule has 2 unspecified atom stereocenters. The molecule has 0 radical (unpaired) electrons. The van der Waals surface area contributed by atoms with Crippen LogP contribution >= 0.6 is 0 Å². The van der Waals surface area contributed by atoms with Crippen LogP contribution in [-0.4, -0.2) is 27.2 Å². The van der Waals surface area contributed by atoms with Crippen molar-refractivity contribution in [3.63, 3.8) is 0 Å². The summed E-state index contributed by atoms with van der Waals surface area (Å²) in [6, 6.07) is 0. The van der Waals surface area contributed by atoms with Gasteiger partial charge in [0.05, 0.1) is 24.4 Å². The van der Waals surface area contributed by atoms with Crippen molar-refractivity contribution in [1.82, 2.24) is 15.0 Å². The number of hydrogen-bond acceptors (Lipinski definition) is 4. The van der Waals surface area contributed by atoms with Crippen LogP contribution in [0.2, 0.25) is 0 Å². The highest BCUT2D eigenvalue weighted by Crippen LogP contribution is 2.42. The van der Waals surface area contributed by atoms with Gasteiger partial charge >= 0.3 is 0 Å². The van der Waals surface area contributed by atoms with Crippen molar-refractivity contribution in [3.8, 4) is 0 Å². The molecule has 0 aromatic carbocycles. The number of anilines is 1.